The maximum Gasteiger partial charge on any atom is 0.273 e. The molecule has 2 rings (SSSR count). The molecule has 0 radical (unpaired) electrons. The minimum Gasteiger partial charge on any atom is -0.375 e. The molecule has 0 aliphatic carbocycles. The molecule has 18 heavy (non-hydrogen) atoms. The van der Waals surface area contributed by atoms with Crippen LogP contribution in [-0.2, 0) is 4.79 Å². The van der Waals surface area contributed by atoms with Crippen molar-refractivity contribution in [2.75, 3.05) is 18.8 Å². The summed E-state index contributed by atoms with van der Waals surface area (Å²) in [5.74, 6) is -0.176. The molecule has 1 aliphatic rings. The molecule has 1 aliphatic heterocycles. The number of nitrogens with one attached hydrogen (secondary N) is 1. The van der Waals surface area contributed by atoms with Crippen LogP contribution >= 0.6 is 11.3 Å². The van der Waals surface area contributed by atoms with Gasteiger partial charge in [-0.25, -0.2) is 4.98 Å². The molecule has 1 unspecified atom stereocenters. The highest BCUT2D eigenvalue weighted by Crippen LogP contribution is 2.16. The topological polar surface area (TPSA) is 88.3 Å². The van der Waals surface area contributed by atoms with Crippen molar-refractivity contribution in [3.8, 4) is 0 Å². The van der Waals surface area contributed by atoms with Crippen LogP contribution in [0.3, 0.4) is 0 Å². The highest BCUT2D eigenvalue weighted by Gasteiger charge is 2.26. The van der Waals surface area contributed by atoms with E-state index in [4.69, 9.17) is 5.73 Å². The molecule has 1 fully saturated rings. The van der Waals surface area contributed by atoms with E-state index < -0.39 is 0 Å². The van der Waals surface area contributed by atoms with Crippen LogP contribution in [0.2, 0.25) is 0 Å². The number of carbonyl (C=O) groups is 2. The van der Waals surface area contributed by atoms with Gasteiger partial charge in [0.15, 0.2) is 5.13 Å². The van der Waals surface area contributed by atoms with E-state index in [1.54, 1.807) is 10.3 Å². The highest BCUT2D eigenvalue weighted by atomic mass is 32.1. The zero-order valence-corrected chi connectivity index (χ0v) is 11.0. The molecule has 7 heteroatoms. The largest absolute Gasteiger partial charge is 0.375 e. The first kappa shape index (κ1) is 12.8. The van der Waals surface area contributed by atoms with Crippen LogP contribution in [0.5, 0.6) is 0 Å². The Morgan fingerprint density at radius 1 is 1.61 bits per heavy atom. The van der Waals surface area contributed by atoms with Gasteiger partial charge in [0.25, 0.3) is 5.91 Å². The van der Waals surface area contributed by atoms with E-state index in [-0.39, 0.29) is 17.9 Å². The predicted octanol–water partition coefficient (Wildman–Crippen LogP) is 0.466. The number of nitrogen functional groups attached to an aromatic ring is 1. The fourth-order valence-electron chi connectivity index (χ4n) is 2.11. The zero-order valence-electron chi connectivity index (χ0n) is 10.2. The summed E-state index contributed by atoms with van der Waals surface area (Å²) >= 11 is 1.26. The van der Waals surface area contributed by atoms with Gasteiger partial charge < -0.3 is 16.0 Å². The molecule has 0 saturated carbocycles. The minimum atomic E-state index is -0.113. The normalized spacial score (nSPS) is 19.6. The Morgan fingerprint density at radius 3 is 3.00 bits per heavy atom. The van der Waals surface area contributed by atoms with Gasteiger partial charge in [0.1, 0.15) is 5.69 Å². The van der Waals surface area contributed by atoms with Gasteiger partial charge >= 0.3 is 0 Å². The summed E-state index contributed by atoms with van der Waals surface area (Å²) in [7, 11) is 0. The average molecular weight is 268 g/mol. The summed E-state index contributed by atoms with van der Waals surface area (Å²) in [5.41, 5.74) is 5.91. The van der Waals surface area contributed by atoms with Gasteiger partial charge in [0.05, 0.1) is 0 Å². The Hall–Kier alpha value is -1.63. The lowest BCUT2D eigenvalue weighted by Gasteiger charge is -2.32. The number of amides is 2. The van der Waals surface area contributed by atoms with E-state index in [1.165, 1.54) is 18.3 Å². The van der Waals surface area contributed by atoms with Crippen molar-refractivity contribution < 1.29 is 9.59 Å². The lowest BCUT2D eigenvalue weighted by Crippen LogP contribution is -2.49. The second-order valence-corrected chi connectivity index (χ2v) is 5.25. The summed E-state index contributed by atoms with van der Waals surface area (Å²) < 4.78 is 0. The Morgan fingerprint density at radius 2 is 2.39 bits per heavy atom. The fourth-order valence-corrected chi connectivity index (χ4v) is 2.65. The number of nitrogens with zero attached hydrogens (tertiary/aromatic N) is 2. The van der Waals surface area contributed by atoms with Crippen molar-refractivity contribution in [2.45, 2.75) is 25.8 Å². The third-order valence-electron chi connectivity index (χ3n) is 2.86. The van der Waals surface area contributed by atoms with Crippen molar-refractivity contribution in [2.24, 2.45) is 0 Å². The number of carbonyl (C=O) groups excluding carboxylic acids is 2. The monoisotopic (exact) mass is 268 g/mol. The van der Waals surface area contributed by atoms with Crippen LogP contribution in [0, 0.1) is 0 Å². The number of aromatic nitrogens is 1. The summed E-state index contributed by atoms with van der Waals surface area (Å²) in [6.07, 6.45) is 1.79. The average Bonchev–Trinajstić information content (AvgIpc) is 2.74. The number of likely N-dealkylation sites (tertiary alicyclic amines) is 1. The van der Waals surface area contributed by atoms with E-state index in [2.05, 4.69) is 10.3 Å². The van der Waals surface area contributed by atoms with Gasteiger partial charge in [-0.1, -0.05) is 0 Å². The maximum absolute atomic E-state index is 12.1. The van der Waals surface area contributed by atoms with Crippen LogP contribution in [0.15, 0.2) is 5.38 Å². The Labute approximate surface area is 109 Å². The van der Waals surface area contributed by atoms with Crippen LogP contribution in [0.1, 0.15) is 30.3 Å². The highest BCUT2D eigenvalue weighted by molar-refractivity contribution is 7.13. The second kappa shape index (κ2) is 5.34. The van der Waals surface area contributed by atoms with E-state index in [0.717, 1.165) is 12.8 Å². The van der Waals surface area contributed by atoms with Gasteiger partial charge in [0.2, 0.25) is 5.91 Å². The number of hydrogen-bond donors (Lipinski definition) is 2. The van der Waals surface area contributed by atoms with Gasteiger partial charge in [-0.3, -0.25) is 9.59 Å². The summed E-state index contributed by atoms with van der Waals surface area (Å²) in [4.78, 5) is 28.9. The number of hydrogen-bond acceptors (Lipinski definition) is 5. The molecule has 1 saturated heterocycles. The van der Waals surface area contributed by atoms with Gasteiger partial charge in [0, 0.05) is 31.4 Å². The molecule has 2 amide bonds. The van der Waals surface area contributed by atoms with Gasteiger partial charge in [-0.2, -0.15) is 0 Å². The molecule has 1 aromatic rings. The smallest absolute Gasteiger partial charge is 0.273 e. The first-order valence-electron chi connectivity index (χ1n) is 5.83. The maximum atomic E-state index is 12.1. The first-order valence-corrected chi connectivity index (χ1v) is 6.71. The van der Waals surface area contributed by atoms with Crippen molar-refractivity contribution in [1.82, 2.24) is 15.2 Å². The van der Waals surface area contributed by atoms with Crippen molar-refractivity contribution in [3.05, 3.63) is 11.1 Å². The SMILES string of the molecule is CC(=O)NC1CCCN(C(=O)c2csc(N)n2)C1. The third-order valence-corrected chi connectivity index (χ3v) is 3.53. The molecule has 0 spiro atoms. The molecule has 0 bridgehead atoms. The second-order valence-electron chi connectivity index (χ2n) is 4.36. The first-order chi connectivity index (χ1) is 8.56. The Balaban J connectivity index is 2.00. The molecule has 3 N–H and O–H groups in total. The van der Waals surface area contributed by atoms with Crippen LogP contribution < -0.4 is 11.1 Å². The summed E-state index contributed by atoms with van der Waals surface area (Å²) in [5, 5.41) is 4.91. The number of piperidine rings is 1. The van der Waals surface area contributed by atoms with E-state index in [9.17, 15) is 9.59 Å². The summed E-state index contributed by atoms with van der Waals surface area (Å²) in [6, 6.07) is 0.0381. The van der Waals surface area contributed by atoms with Gasteiger partial charge in [-0.15, -0.1) is 11.3 Å². The quantitative estimate of drug-likeness (QED) is 0.816. The molecule has 98 valence electrons. The molecule has 6 nitrogen and oxygen atoms in total. The predicted molar refractivity (Wildman–Crippen MR) is 69.3 cm³/mol. The van der Waals surface area contributed by atoms with E-state index >= 15 is 0 Å². The van der Waals surface area contributed by atoms with Crippen LogP contribution in [-0.4, -0.2) is 40.8 Å². The van der Waals surface area contributed by atoms with Crippen molar-refractivity contribution >= 4 is 28.3 Å². The summed E-state index contributed by atoms with van der Waals surface area (Å²) in [6.45, 7) is 2.73. The number of rotatable bonds is 2. The molecule has 2 heterocycles. The van der Waals surface area contributed by atoms with Gasteiger partial charge in [-0.05, 0) is 12.8 Å². The molecular weight excluding hydrogens is 252 g/mol. The standard InChI is InChI=1S/C11H16N4O2S/c1-7(16)13-8-3-2-4-15(5-8)10(17)9-6-18-11(12)14-9/h6,8H,2-5H2,1H3,(H2,12,14)(H,13,16). The number of thiazole rings is 1. The molecule has 0 aromatic carbocycles. The molecular formula is C11H16N4O2S. The van der Waals surface area contributed by atoms with E-state index in [1.807, 2.05) is 0 Å². The van der Waals surface area contributed by atoms with Crippen molar-refractivity contribution in [1.29, 1.82) is 0 Å². The minimum absolute atomic E-state index is 0.0381. The third kappa shape index (κ3) is 2.98. The number of anilines is 1. The van der Waals surface area contributed by atoms with Crippen LogP contribution in [0.4, 0.5) is 5.13 Å². The Kier molecular flexibility index (Phi) is 3.81. The van der Waals surface area contributed by atoms with E-state index in [0.29, 0.717) is 23.9 Å². The van der Waals surface area contributed by atoms with Crippen LogP contribution in [0.25, 0.3) is 0 Å². The zero-order chi connectivity index (χ0) is 13.1. The van der Waals surface area contributed by atoms with Crippen molar-refractivity contribution in [3.63, 3.8) is 0 Å². The fraction of sp³-hybridized carbons (Fsp3) is 0.545. The molecule has 1 aromatic heterocycles. The Bertz CT molecular complexity index is 460. The lowest BCUT2D eigenvalue weighted by atomic mass is 10.1. The molecule has 1 atom stereocenters. The lowest BCUT2D eigenvalue weighted by molar-refractivity contribution is -0.120. The number of nitrogens with two attached hydrogens (primary N) is 1.